The zero-order chi connectivity index (χ0) is 12.3. The average molecular weight is 241 g/mol. The molecule has 0 aromatic carbocycles. The lowest BCUT2D eigenvalue weighted by Crippen LogP contribution is -2.55. The van der Waals surface area contributed by atoms with Gasteiger partial charge in [-0.15, -0.1) is 0 Å². The van der Waals surface area contributed by atoms with E-state index in [4.69, 9.17) is 4.74 Å². The first kappa shape index (κ1) is 12.2. The monoisotopic (exact) mass is 241 g/mol. The van der Waals surface area contributed by atoms with E-state index in [1.165, 1.54) is 0 Å². The predicted octanol–water partition coefficient (Wildman–Crippen LogP) is -0.351. The van der Waals surface area contributed by atoms with Gasteiger partial charge in [-0.2, -0.15) is 0 Å². The van der Waals surface area contributed by atoms with Crippen molar-refractivity contribution in [3.05, 3.63) is 0 Å². The van der Waals surface area contributed by atoms with E-state index in [0.29, 0.717) is 26.2 Å². The number of carbonyl (C=O) groups is 2. The van der Waals surface area contributed by atoms with Gasteiger partial charge in [0.15, 0.2) is 0 Å². The standard InChI is InChI=1S/C11H19N3O3/c1-2-12-11(16)14-6-4-13(5-7-14)9-3-8-17-10(9)15/h9H,2-8H2,1H3,(H,12,16). The third-order valence-electron chi connectivity index (χ3n) is 3.28. The SMILES string of the molecule is CCNC(=O)N1CCN(C2CCOC2=O)CC1. The molecule has 2 aliphatic rings. The molecular weight excluding hydrogens is 222 g/mol. The Morgan fingerprint density at radius 1 is 1.41 bits per heavy atom. The van der Waals surface area contributed by atoms with Gasteiger partial charge in [0.05, 0.1) is 6.61 Å². The molecule has 0 aromatic heterocycles. The molecule has 1 N–H and O–H groups in total. The van der Waals surface area contributed by atoms with Gasteiger partial charge in [0.2, 0.25) is 0 Å². The minimum absolute atomic E-state index is 0.0128. The van der Waals surface area contributed by atoms with Crippen molar-refractivity contribution in [2.75, 3.05) is 39.3 Å². The van der Waals surface area contributed by atoms with Crippen LogP contribution in [0.3, 0.4) is 0 Å². The van der Waals surface area contributed by atoms with Crippen LogP contribution in [-0.4, -0.2) is 67.2 Å². The van der Waals surface area contributed by atoms with Crippen LogP contribution < -0.4 is 5.32 Å². The zero-order valence-corrected chi connectivity index (χ0v) is 10.1. The lowest BCUT2D eigenvalue weighted by Gasteiger charge is -2.36. The molecule has 2 amide bonds. The fourth-order valence-corrected chi connectivity index (χ4v) is 2.32. The summed E-state index contributed by atoms with van der Waals surface area (Å²) in [6.45, 7) is 5.93. The molecule has 2 saturated heterocycles. The number of nitrogens with one attached hydrogen (secondary N) is 1. The van der Waals surface area contributed by atoms with Crippen molar-refractivity contribution in [1.82, 2.24) is 15.1 Å². The minimum Gasteiger partial charge on any atom is -0.464 e. The molecule has 0 saturated carbocycles. The maximum Gasteiger partial charge on any atom is 0.323 e. The van der Waals surface area contributed by atoms with Gasteiger partial charge in [0.25, 0.3) is 0 Å². The number of ether oxygens (including phenoxy) is 1. The number of amides is 2. The van der Waals surface area contributed by atoms with E-state index < -0.39 is 0 Å². The summed E-state index contributed by atoms with van der Waals surface area (Å²) in [6.07, 6.45) is 0.778. The highest BCUT2D eigenvalue weighted by Gasteiger charge is 2.34. The molecule has 2 fully saturated rings. The Labute approximate surface area is 101 Å². The van der Waals surface area contributed by atoms with Crippen molar-refractivity contribution in [2.24, 2.45) is 0 Å². The Morgan fingerprint density at radius 3 is 2.65 bits per heavy atom. The smallest absolute Gasteiger partial charge is 0.323 e. The number of esters is 1. The van der Waals surface area contributed by atoms with Crippen LogP contribution in [0.1, 0.15) is 13.3 Å². The number of urea groups is 1. The van der Waals surface area contributed by atoms with Crippen LogP contribution in [0.2, 0.25) is 0 Å². The molecule has 1 atom stereocenters. The highest BCUT2D eigenvalue weighted by molar-refractivity contribution is 5.77. The molecule has 2 aliphatic heterocycles. The summed E-state index contributed by atoms with van der Waals surface area (Å²) in [6, 6.07) is -0.104. The molecule has 0 bridgehead atoms. The van der Waals surface area contributed by atoms with E-state index in [1.807, 2.05) is 6.92 Å². The molecule has 0 radical (unpaired) electrons. The molecule has 2 heterocycles. The number of piperazine rings is 1. The van der Waals surface area contributed by atoms with Gasteiger partial charge in [0.1, 0.15) is 6.04 Å². The largest absolute Gasteiger partial charge is 0.464 e. The Morgan fingerprint density at radius 2 is 2.12 bits per heavy atom. The number of nitrogens with zero attached hydrogens (tertiary/aromatic N) is 2. The van der Waals surface area contributed by atoms with Gasteiger partial charge >= 0.3 is 12.0 Å². The number of hydrogen-bond donors (Lipinski definition) is 1. The molecule has 0 spiro atoms. The van der Waals surface area contributed by atoms with Crippen molar-refractivity contribution < 1.29 is 14.3 Å². The van der Waals surface area contributed by atoms with Crippen molar-refractivity contribution in [3.8, 4) is 0 Å². The molecule has 17 heavy (non-hydrogen) atoms. The highest BCUT2D eigenvalue weighted by Crippen LogP contribution is 2.16. The summed E-state index contributed by atoms with van der Waals surface area (Å²) >= 11 is 0. The third kappa shape index (κ3) is 2.69. The molecule has 96 valence electrons. The van der Waals surface area contributed by atoms with Gasteiger partial charge in [-0.25, -0.2) is 4.79 Å². The van der Waals surface area contributed by atoms with Gasteiger partial charge < -0.3 is 15.0 Å². The number of hydrogen-bond acceptors (Lipinski definition) is 4. The lowest BCUT2D eigenvalue weighted by atomic mass is 10.2. The quantitative estimate of drug-likeness (QED) is 0.671. The number of carbonyl (C=O) groups excluding carboxylic acids is 2. The number of rotatable bonds is 2. The summed E-state index contributed by atoms with van der Waals surface area (Å²) < 4.78 is 4.96. The van der Waals surface area contributed by atoms with Gasteiger partial charge in [-0.3, -0.25) is 9.69 Å². The van der Waals surface area contributed by atoms with E-state index in [1.54, 1.807) is 4.90 Å². The molecule has 6 nitrogen and oxygen atoms in total. The molecule has 0 aliphatic carbocycles. The first-order valence-corrected chi connectivity index (χ1v) is 6.16. The molecule has 1 unspecified atom stereocenters. The van der Waals surface area contributed by atoms with Gasteiger partial charge in [0, 0.05) is 39.1 Å². The van der Waals surface area contributed by atoms with Crippen LogP contribution in [0.4, 0.5) is 4.79 Å². The summed E-state index contributed by atoms with van der Waals surface area (Å²) in [5, 5.41) is 2.79. The summed E-state index contributed by atoms with van der Waals surface area (Å²) in [4.78, 5) is 26.9. The Hall–Kier alpha value is -1.30. The predicted molar refractivity (Wildman–Crippen MR) is 61.6 cm³/mol. The second-order valence-corrected chi connectivity index (χ2v) is 4.33. The highest BCUT2D eigenvalue weighted by atomic mass is 16.5. The van der Waals surface area contributed by atoms with Crippen LogP contribution in [0.15, 0.2) is 0 Å². The first-order valence-electron chi connectivity index (χ1n) is 6.16. The Kier molecular flexibility index (Phi) is 3.83. The average Bonchev–Trinajstić information content (AvgIpc) is 2.76. The Bertz CT molecular complexity index is 300. The van der Waals surface area contributed by atoms with Crippen molar-refractivity contribution >= 4 is 12.0 Å². The van der Waals surface area contributed by atoms with E-state index in [9.17, 15) is 9.59 Å². The van der Waals surface area contributed by atoms with Crippen LogP contribution in [-0.2, 0) is 9.53 Å². The topological polar surface area (TPSA) is 61.9 Å². The van der Waals surface area contributed by atoms with Crippen LogP contribution >= 0.6 is 0 Å². The van der Waals surface area contributed by atoms with Crippen LogP contribution in [0.25, 0.3) is 0 Å². The Balaban J connectivity index is 1.81. The zero-order valence-electron chi connectivity index (χ0n) is 10.1. The van der Waals surface area contributed by atoms with Crippen LogP contribution in [0.5, 0.6) is 0 Å². The third-order valence-corrected chi connectivity index (χ3v) is 3.28. The normalized spacial score (nSPS) is 25.8. The van der Waals surface area contributed by atoms with E-state index in [-0.39, 0.29) is 18.0 Å². The molecule has 2 rings (SSSR count). The fourth-order valence-electron chi connectivity index (χ4n) is 2.32. The second-order valence-electron chi connectivity index (χ2n) is 4.33. The fraction of sp³-hybridized carbons (Fsp3) is 0.818. The lowest BCUT2D eigenvalue weighted by molar-refractivity contribution is -0.142. The van der Waals surface area contributed by atoms with E-state index in [2.05, 4.69) is 10.2 Å². The van der Waals surface area contributed by atoms with Crippen molar-refractivity contribution in [1.29, 1.82) is 0 Å². The molecule has 0 aromatic rings. The van der Waals surface area contributed by atoms with Crippen molar-refractivity contribution in [3.63, 3.8) is 0 Å². The first-order chi connectivity index (χ1) is 8.22. The van der Waals surface area contributed by atoms with Crippen LogP contribution in [0, 0.1) is 0 Å². The number of cyclic esters (lactones) is 1. The summed E-state index contributed by atoms with van der Waals surface area (Å²) in [5.41, 5.74) is 0. The molecular formula is C11H19N3O3. The van der Waals surface area contributed by atoms with E-state index in [0.717, 1.165) is 19.5 Å². The van der Waals surface area contributed by atoms with Gasteiger partial charge in [-0.05, 0) is 6.92 Å². The maximum absolute atomic E-state index is 11.6. The second kappa shape index (κ2) is 5.35. The summed E-state index contributed by atoms with van der Waals surface area (Å²) in [5.74, 6) is -0.114. The molecule has 6 heteroatoms. The minimum atomic E-state index is -0.114. The summed E-state index contributed by atoms with van der Waals surface area (Å²) in [7, 11) is 0. The maximum atomic E-state index is 11.6. The van der Waals surface area contributed by atoms with E-state index >= 15 is 0 Å². The van der Waals surface area contributed by atoms with Crippen molar-refractivity contribution in [2.45, 2.75) is 19.4 Å². The van der Waals surface area contributed by atoms with Gasteiger partial charge in [-0.1, -0.05) is 0 Å².